The molecular weight excluding hydrogens is 485 g/mol. The molecule has 2 aromatic carbocycles. The summed E-state index contributed by atoms with van der Waals surface area (Å²) in [7, 11) is 2.11. The SMILES string of the molecule is CN1CCC(Nc2cccc(C(=O)N[C@H]3COc4cc(F)ccc43)c2)(c2nc(-c3ccncc3)n[nH]2)CC1. The lowest BCUT2D eigenvalue weighted by molar-refractivity contribution is 0.0930. The van der Waals surface area contributed by atoms with E-state index in [1.165, 1.54) is 12.1 Å². The Balaban J connectivity index is 1.23. The molecule has 10 heteroatoms. The van der Waals surface area contributed by atoms with E-state index in [4.69, 9.17) is 9.72 Å². The summed E-state index contributed by atoms with van der Waals surface area (Å²) in [6.07, 6.45) is 5.08. The highest BCUT2D eigenvalue weighted by atomic mass is 19.1. The molecule has 1 amide bonds. The Morgan fingerprint density at radius 1 is 1.13 bits per heavy atom. The number of rotatable bonds is 6. The number of carbonyl (C=O) groups is 1. The number of hydrogen-bond acceptors (Lipinski definition) is 7. The highest BCUT2D eigenvalue weighted by molar-refractivity contribution is 5.95. The maximum Gasteiger partial charge on any atom is 0.251 e. The number of anilines is 1. The van der Waals surface area contributed by atoms with Crippen molar-refractivity contribution in [3.63, 3.8) is 0 Å². The van der Waals surface area contributed by atoms with Gasteiger partial charge in [0.2, 0.25) is 0 Å². The van der Waals surface area contributed by atoms with Crippen molar-refractivity contribution >= 4 is 11.6 Å². The molecule has 0 aliphatic carbocycles. The largest absolute Gasteiger partial charge is 0.491 e. The summed E-state index contributed by atoms with van der Waals surface area (Å²) < 4.78 is 19.1. The number of nitrogens with one attached hydrogen (secondary N) is 3. The van der Waals surface area contributed by atoms with Crippen LogP contribution < -0.4 is 15.4 Å². The number of pyridine rings is 1. The molecule has 0 saturated carbocycles. The molecule has 0 unspecified atom stereocenters. The van der Waals surface area contributed by atoms with Crippen LogP contribution in [-0.4, -0.2) is 57.7 Å². The molecule has 1 fully saturated rings. The highest BCUT2D eigenvalue weighted by Crippen LogP contribution is 2.36. The molecule has 4 aromatic rings. The van der Waals surface area contributed by atoms with Crippen LogP contribution in [0.15, 0.2) is 67.0 Å². The minimum absolute atomic E-state index is 0.225. The number of hydrogen-bond donors (Lipinski definition) is 3. The van der Waals surface area contributed by atoms with Crippen LogP contribution in [0.5, 0.6) is 5.75 Å². The molecule has 3 N–H and O–H groups in total. The second kappa shape index (κ2) is 9.86. The van der Waals surface area contributed by atoms with Crippen molar-refractivity contribution in [2.75, 3.05) is 32.1 Å². The van der Waals surface area contributed by atoms with E-state index in [9.17, 15) is 9.18 Å². The van der Waals surface area contributed by atoms with Gasteiger partial charge in [0.05, 0.1) is 11.6 Å². The first-order chi connectivity index (χ1) is 18.5. The summed E-state index contributed by atoms with van der Waals surface area (Å²) in [6.45, 7) is 2.05. The van der Waals surface area contributed by atoms with E-state index >= 15 is 0 Å². The Hall–Kier alpha value is -4.31. The molecule has 38 heavy (non-hydrogen) atoms. The molecule has 0 spiro atoms. The van der Waals surface area contributed by atoms with Crippen molar-refractivity contribution in [2.45, 2.75) is 24.4 Å². The van der Waals surface area contributed by atoms with Gasteiger partial charge in [0.25, 0.3) is 5.91 Å². The van der Waals surface area contributed by atoms with Crippen molar-refractivity contribution in [1.29, 1.82) is 0 Å². The molecule has 4 heterocycles. The second-order valence-electron chi connectivity index (χ2n) is 9.85. The van der Waals surface area contributed by atoms with Gasteiger partial charge in [-0.3, -0.25) is 14.9 Å². The fourth-order valence-electron chi connectivity index (χ4n) is 5.09. The van der Waals surface area contributed by atoms with E-state index in [0.717, 1.165) is 48.6 Å². The topological polar surface area (TPSA) is 108 Å². The van der Waals surface area contributed by atoms with Crippen molar-refractivity contribution < 1.29 is 13.9 Å². The Bertz CT molecular complexity index is 1450. The first-order valence-corrected chi connectivity index (χ1v) is 12.6. The number of nitrogens with zero attached hydrogens (tertiary/aromatic N) is 4. The predicted octanol–water partition coefficient (Wildman–Crippen LogP) is 3.90. The first-order valence-electron chi connectivity index (χ1n) is 12.6. The van der Waals surface area contributed by atoms with Crippen molar-refractivity contribution in [2.24, 2.45) is 0 Å². The molecule has 2 aromatic heterocycles. The summed E-state index contributed by atoms with van der Waals surface area (Å²) in [5, 5.41) is 14.3. The summed E-state index contributed by atoms with van der Waals surface area (Å²) in [5.41, 5.74) is 2.53. The van der Waals surface area contributed by atoms with Gasteiger partial charge >= 0.3 is 0 Å². The zero-order valence-corrected chi connectivity index (χ0v) is 20.9. The first kappa shape index (κ1) is 24.1. The average molecular weight is 514 g/mol. The van der Waals surface area contributed by atoms with E-state index in [0.29, 0.717) is 17.1 Å². The lowest BCUT2D eigenvalue weighted by Gasteiger charge is -2.40. The quantitative estimate of drug-likeness (QED) is 0.359. The summed E-state index contributed by atoms with van der Waals surface area (Å²) in [4.78, 5) is 24.4. The zero-order valence-electron chi connectivity index (χ0n) is 20.9. The number of amides is 1. The molecule has 2 aliphatic heterocycles. The van der Waals surface area contributed by atoms with Crippen LogP contribution in [-0.2, 0) is 5.54 Å². The lowest BCUT2D eigenvalue weighted by Crippen LogP contribution is -2.46. The number of H-pyrrole nitrogens is 1. The normalized spacial score (nSPS) is 18.4. The van der Waals surface area contributed by atoms with Gasteiger partial charge in [0, 0.05) is 53.9 Å². The smallest absolute Gasteiger partial charge is 0.251 e. The fourth-order valence-corrected chi connectivity index (χ4v) is 5.09. The molecule has 1 atom stereocenters. The molecule has 9 nitrogen and oxygen atoms in total. The van der Waals surface area contributed by atoms with Crippen LogP contribution in [0.1, 0.15) is 40.6 Å². The molecule has 194 valence electrons. The third-order valence-electron chi connectivity index (χ3n) is 7.29. The molecule has 0 radical (unpaired) electrons. The number of likely N-dealkylation sites (tertiary alicyclic amines) is 1. The van der Waals surface area contributed by atoms with Gasteiger partial charge < -0.3 is 20.3 Å². The Morgan fingerprint density at radius 2 is 1.95 bits per heavy atom. The number of ether oxygens (including phenoxy) is 1. The van der Waals surface area contributed by atoms with Gasteiger partial charge in [-0.1, -0.05) is 12.1 Å². The lowest BCUT2D eigenvalue weighted by atomic mass is 9.86. The van der Waals surface area contributed by atoms with E-state index in [1.54, 1.807) is 24.5 Å². The standard InChI is InChI=1S/C28H28FN7O2/c1-36-13-9-28(10-14-36,27-32-25(34-35-27)18-7-11-30-12-8-18)33-21-4-2-3-19(15-21)26(37)31-23-17-38-24-16-20(29)5-6-22(23)24/h2-8,11-12,15-16,23,33H,9-10,13-14,17H2,1H3,(H,31,37)(H,32,34,35)/t23-/m0/s1. The third kappa shape index (κ3) is 4.70. The number of fused-ring (bicyclic) bond motifs is 1. The van der Waals surface area contributed by atoms with E-state index in [2.05, 4.69) is 37.8 Å². The van der Waals surface area contributed by atoms with Crippen LogP contribution in [0.2, 0.25) is 0 Å². The van der Waals surface area contributed by atoms with Crippen LogP contribution in [0, 0.1) is 5.82 Å². The van der Waals surface area contributed by atoms with E-state index in [1.807, 2.05) is 30.3 Å². The van der Waals surface area contributed by atoms with Gasteiger partial charge in [0.1, 0.15) is 18.2 Å². The van der Waals surface area contributed by atoms with Crippen molar-refractivity contribution in [1.82, 2.24) is 30.4 Å². The predicted molar refractivity (Wildman–Crippen MR) is 140 cm³/mol. The van der Waals surface area contributed by atoms with Crippen molar-refractivity contribution in [3.8, 4) is 17.1 Å². The monoisotopic (exact) mass is 513 g/mol. The Kier molecular flexibility index (Phi) is 6.24. The Labute approximate surface area is 219 Å². The maximum absolute atomic E-state index is 13.5. The molecule has 2 aliphatic rings. The second-order valence-corrected chi connectivity index (χ2v) is 9.85. The molecule has 0 bridgehead atoms. The molecule has 6 rings (SSSR count). The van der Waals surface area contributed by atoms with Gasteiger partial charge in [-0.2, -0.15) is 5.10 Å². The summed E-state index contributed by atoms with van der Waals surface area (Å²) >= 11 is 0. The number of aromatic amines is 1. The van der Waals surface area contributed by atoms with Crippen LogP contribution in [0.25, 0.3) is 11.4 Å². The Morgan fingerprint density at radius 3 is 2.76 bits per heavy atom. The number of aromatic nitrogens is 4. The van der Waals surface area contributed by atoms with E-state index in [-0.39, 0.29) is 24.4 Å². The van der Waals surface area contributed by atoms with Gasteiger partial charge in [-0.15, -0.1) is 0 Å². The average Bonchev–Trinajstić information content (AvgIpc) is 3.59. The maximum atomic E-state index is 13.5. The minimum Gasteiger partial charge on any atom is -0.491 e. The van der Waals surface area contributed by atoms with Gasteiger partial charge in [-0.25, -0.2) is 9.37 Å². The third-order valence-corrected chi connectivity index (χ3v) is 7.29. The minimum atomic E-state index is -0.470. The van der Waals surface area contributed by atoms with Crippen LogP contribution in [0.3, 0.4) is 0 Å². The molecule has 1 saturated heterocycles. The van der Waals surface area contributed by atoms with E-state index < -0.39 is 5.54 Å². The number of piperidine rings is 1. The zero-order chi connectivity index (χ0) is 26.1. The summed E-state index contributed by atoms with van der Waals surface area (Å²) in [5.74, 6) is 1.26. The highest BCUT2D eigenvalue weighted by Gasteiger charge is 2.39. The van der Waals surface area contributed by atoms with Crippen LogP contribution >= 0.6 is 0 Å². The number of halogens is 1. The molecular formula is C28H28FN7O2. The van der Waals surface area contributed by atoms with Gasteiger partial charge in [-0.05, 0) is 56.3 Å². The number of carbonyl (C=O) groups excluding carboxylic acids is 1. The fraction of sp³-hybridized carbons (Fsp3) is 0.286. The van der Waals surface area contributed by atoms with Crippen LogP contribution in [0.4, 0.5) is 10.1 Å². The van der Waals surface area contributed by atoms with Crippen molar-refractivity contribution in [3.05, 3.63) is 89.8 Å². The van der Waals surface area contributed by atoms with Gasteiger partial charge in [0.15, 0.2) is 11.6 Å². The number of benzene rings is 2. The summed E-state index contributed by atoms with van der Waals surface area (Å²) in [6, 6.07) is 15.2.